The van der Waals surface area contributed by atoms with Gasteiger partial charge in [-0.3, -0.25) is 0 Å². The number of benzene rings is 1. The first-order valence-corrected chi connectivity index (χ1v) is 10.2. The maximum atomic E-state index is 12.9. The van der Waals surface area contributed by atoms with E-state index in [-0.39, 0.29) is 18.1 Å². The van der Waals surface area contributed by atoms with E-state index in [9.17, 15) is 4.79 Å². The average molecular weight is 389 g/mol. The molecule has 0 bridgehead atoms. The molecule has 5 nitrogen and oxygen atoms in total. The lowest BCUT2D eigenvalue weighted by molar-refractivity contribution is 0.146. The Hall–Kier alpha value is -2.01. The zero-order valence-corrected chi connectivity index (χ0v) is 17.0. The molecule has 0 aliphatic heterocycles. The molecule has 1 aliphatic rings. The minimum atomic E-state index is 0.00388. The first-order valence-electron chi connectivity index (χ1n) is 9.85. The van der Waals surface area contributed by atoms with Gasteiger partial charge in [0.05, 0.1) is 13.1 Å². The molecular weight excluding hydrogens is 360 g/mol. The summed E-state index contributed by atoms with van der Waals surface area (Å²) >= 11 is 6.32. The Balaban J connectivity index is 1.78. The van der Waals surface area contributed by atoms with Gasteiger partial charge < -0.3 is 14.8 Å². The summed E-state index contributed by atoms with van der Waals surface area (Å²) in [4.78, 5) is 19.4. The van der Waals surface area contributed by atoms with Crippen molar-refractivity contribution < 1.29 is 4.79 Å². The predicted molar refractivity (Wildman–Crippen MR) is 109 cm³/mol. The van der Waals surface area contributed by atoms with Gasteiger partial charge in [-0.25, -0.2) is 9.78 Å². The number of halogens is 1. The highest BCUT2D eigenvalue weighted by molar-refractivity contribution is 6.31. The molecule has 146 valence electrons. The monoisotopic (exact) mass is 388 g/mol. The summed E-state index contributed by atoms with van der Waals surface area (Å²) in [5.74, 6) is 0.888. The SMILES string of the molecule is CC(C)NC(=O)N(Cc1nccn1Cc1ccccc1Cl)C1CCCCC1. The van der Waals surface area contributed by atoms with Crippen LogP contribution in [-0.2, 0) is 13.1 Å². The van der Waals surface area contributed by atoms with Crippen LogP contribution in [-0.4, -0.2) is 32.6 Å². The van der Waals surface area contributed by atoms with Gasteiger partial charge in [0.15, 0.2) is 0 Å². The molecule has 1 heterocycles. The molecule has 0 saturated heterocycles. The van der Waals surface area contributed by atoms with Crippen LogP contribution in [0.5, 0.6) is 0 Å². The third kappa shape index (κ3) is 5.25. The zero-order valence-electron chi connectivity index (χ0n) is 16.2. The van der Waals surface area contributed by atoms with Crippen LogP contribution >= 0.6 is 11.6 Å². The largest absolute Gasteiger partial charge is 0.336 e. The Kier molecular flexibility index (Phi) is 6.78. The summed E-state index contributed by atoms with van der Waals surface area (Å²) < 4.78 is 2.08. The summed E-state index contributed by atoms with van der Waals surface area (Å²) in [6.45, 7) is 5.16. The lowest BCUT2D eigenvalue weighted by Crippen LogP contribution is -2.48. The van der Waals surface area contributed by atoms with E-state index in [2.05, 4.69) is 14.9 Å². The molecule has 1 aromatic heterocycles. The first kappa shape index (κ1) is 19.7. The molecule has 1 N–H and O–H groups in total. The Morgan fingerprint density at radius 3 is 2.74 bits per heavy atom. The van der Waals surface area contributed by atoms with E-state index in [1.807, 2.05) is 49.2 Å². The van der Waals surface area contributed by atoms with Crippen LogP contribution in [0.1, 0.15) is 57.3 Å². The Bertz CT molecular complexity index is 752. The predicted octanol–water partition coefficient (Wildman–Crippen LogP) is 4.84. The molecule has 1 aliphatic carbocycles. The number of imidazole rings is 1. The number of rotatable bonds is 6. The van der Waals surface area contributed by atoms with E-state index in [0.29, 0.717) is 13.1 Å². The van der Waals surface area contributed by atoms with Gasteiger partial charge in [0.25, 0.3) is 0 Å². The minimum Gasteiger partial charge on any atom is -0.336 e. The van der Waals surface area contributed by atoms with Crippen LogP contribution < -0.4 is 5.32 Å². The quantitative estimate of drug-likeness (QED) is 0.769. The molecule has 3 rings (SSSR count). The van der Waals surface area contributed by atoms with E-state index >= 15 is 0 Å². The molecule has 1 aromatic carbocycles. The van der Waals surface area contributed by atoms with Crippen molar-refractivity contribution in [1.82, 2.24) is 19.8 Å². The van der Waals surface area contributed by atoms with E-state index in [1.165, 1.54) is 19.3 Å². The minimum absolute atomic E-state index is 0.00388. The summed E-state index contributed by atoms with van der Waals surface area (Å²) in [7, 11) is 0. The van der Waals surface area contributed by atoms with Gasteiger partial charge in [-0.05, 0) is 38.3 Å². The Morgan fingerprint density at radius 1 is 1.30 bits per heavy atom. The van der Waals surface area contributed by atoms with Crippen LogP contribution in [0.2, 0.25) is 5.02 Å². The zero-order chi connectivity index (χ0) is 19.2. The van der Waals surface area contributed by atoms with Crippen molar-refractivity contribution in [3.63, 3.8) is 0 Å². The molecule has 27 heavy (non-hydrogen) atoms. The van der Waals surface area contributed by atoms with Gasteiger partial charge in [0.1, 0.15) is 5.82 Å². The van der Waals surface area contributed by atoms with Crippen molar-refractivity contribution in [2.24, 2.45) is 0 Å². The number of carbonyl (C=O) groups excluding carboxylic acids is 1. The fourth-order valence-corrected chi connectivity index (χ4v) is 3.88. The highest BCUT2D eigenvalue weighted by Gasteiger charge is 2.27. The van der Waals surface area contributed by atoms with Crippen molar-refractivity contribution in [3.05, 3.63) is 53.1 Å². The lowest BCUT2D eigenvalue weighted by atomic mass is 9.94. The maximum Gasteiger partial charge on any atom is 0.318 e. The summed E-state index contributed by atoms with van der Waals surface area (Å²) in [5, 5.41) is 3.81. The Labute approximate surface area is 166 Å². The van der Waals surface area contributed by atoms with Crippen molar-refractivity contribution in [2.45, 2.75) is 71.1 Å². The van der Waals surface area contributed by atoms with Crippen LogP contribution in [0.4, 0.5) is 4.79 Å². The maximum absolute atomic E-state index is 12.9. The van der Waals surface area contributed by atoms with Gasteiger partial charge in [-0.1, -0.05) is 49.1 Å². The second kappa shape index (κ2) is 9.27. The normalized spacial score (nSPS) is 15.1. The van der Waals surface area contributed by atoms with Crippen LogP contribution in [0.25, 0.3) is 0 Å². The molecule has 1 fully saturated rings. The second-order valence-corrected chi connectivity index (χ2v) is 7.99. The fraction of sp³-hybridized carbons (Fsp3) is 0.524. The molecule has 6 heteroatoms. The summed E-state index contributed by atoms with van der Waals surface area (Å²) in [6.07, 6.45) is 9.52. The second-order valence-electron chi connectivity index (χ2n) is 7.59. The average Bonchev–Trinajstić information content (AvgIpc) is 3.08. The molecule has 2 amide bonds. The van der Waals surface area contributed by atoms with E-state index in [1.54, 1.807) is 6.20 Å². The van der Waals surface area contributed by atoms with Crippen LogP contribution in [0.3, 0.4) is 0 Å². The number of hydrogen-bond acceptors (Lipinski definition) is 2. The van der Waals surface area contributed by atoms with Crippen molar-refractivity contribution in [1.29, 1.82) is 0 Å². The molecule has 0 atom stereocenters. The lowest BCUT2D eigenvalue weighted by Gasteiger charge is -2.34. The van der Waals surface area contributed by atoms with Gasteiger partial charge in [-0.15, -0.1) is 0 Å². The van der Waals surface area contributed by atoms with Gasteiger partial charge in [0, 0.05) is 29.5 Å². The van der Waals surface area contributed by atoms with E-state index in [0.717, 1.165) is 29.3 Å². The van der Waals surface area contributed by atoms with Gasteiger partial charge in [-0.2, -0.15) is 0 Å². The highest BCUT2D eigenvalue weighted by Crippen LogP contribution is 2.24. The number of hydrogen-bond donors (Lipinski definition) is 1. The third-order valence-corrected chi connectivity index (χ3v) is 5.47. The molecule has 1 saturated carbocycles. The van der Waals surface area contributed by atoms with Gasteiger partial charge >= 0.3 is 6.03 Å². The molecule has 0 unspecified atom stereocenters. The molecular formula is C21H29ClN4O. The van der Waals surface area contributed by atoms with Crippen molar-refractivity contribution in [3.8, 4) is 0 Å². The van der Waals surface area contributed by atoms with Gasteiger partial charge in [0.2, 0.25) is 0 Å². The number of aromatic nitrogens is 2. The number of carbonyl (C=O) groups is 1. The fourth-order valence-electron chi connectivity index (χ4n) is 3.69. The van der Waals surface area contributed by atoms with Crippen LogP contribution in [0.15, 0.2) is 36.7 Å². The van der Waals surface area contributed by atoms with Crippen molar-refractivity contribution >= 4 is 17.6 Å². The molecule has 0 radical (unpaired) electrons. The van der Waals surface area contributed by atoms with E-state index in [4.69, 9.17) is 11.6 Å². The summed E-state index contributed by atoms with van der Waals surface area (Å²) in [5.41, 5.74) is 1.05. The number of nitrogens with zero attached hydrogens (tertiary/aromatic N) is 3. The van der Waals surface area contributed by atoms with Crippen LogP contribution in [0, 0.1) is 0 Å². The number of amides is 2. The number of nitrogens with one attached hydrogen (secondary N) is 1. The third-order valence-electron chi connectivity index (χ3n) is 5.10. The topological polar surface area (TPSA) is 50.2 Å². The van der Waals surface area contributed by atoms with Crippen molar-refractivity contribution in [2.75, 3.05) is 0 Å². The van der Waals surface area contributed by atoms with E-state index < -0.39 is 0 Å². The summed E-state index contributed by atoms with van der Waals surface area (Å²) in [6, 6.07) is 8.25. The highest BCUT2D eigenvalue weighted by atomic mass is 35.5. The first-order chi connectivity index (χ1) is 13.0. The molecule has 2 aromatic rings. The number of urea groups is 1. The standard InChI is InChI=1S/C21H29ClN4O/c1-16(2)24-21(27)26(18-9-4-3-5-10-18)15-20-23-12-13-25(20)14-17-8-6-7-11-19(17)22/h6-8,11-13,16,18H,3-5,9-10,14-15H2,1-2H3,(H,24,27). The Morgan fingerprint density at radius 2 is 2.04 bits per heavy atom. The smallest absolute Gasteiger partial charge is 0.318 e. The molecule has 0 spiro atoms.